The molecule has 3 fully saturated rings. The lowest BCUT2D eigenvalue weighted by Gasteiger charge is -2.57. The summed E-state index contributed by atoms with van der Waals surface area (Å²) in [6, 6.07) is 0. The van der Waals surface area contributed by atoms with Gasteiger partial charge in [0.25, 0.3) is 0 Å². The zero-order chi connectivity index (χ0) is 16.4. The maximum absolute atomic E-state index is 12.5. The standard InChI is InChI=1S/C20H28O3/c1-12-9-14-15-3-4-18(23)19(15,2)7-6-16(14)20(11-21)8-5-13(22)10-17(12)20/h14-16,21H,3-11H2,1-2H3/t14-,15-,16+,19-,20-/m0/s1. The summed E-state index contributed by atoms with van der Waals surface area (Å²) >= 11 is 0. The van der Waals surface area contributed by atoms with E-state index in [1.54, 1.807) is 0 Å². The smallest absolute Gasteiger partial charge is 0.139 e. The summed E-state index contributed by atoms with van der Waals surface area (Å²) in [5.74, 6) is 2.25. The second-order valence-electron chi connectivity index (χ2n) is 8.79. The molecule has 23 heavy (non-hydrogen) atoms. The molecule has 0 radical (unpaired) electrons. The van der Waals surface area contributed by atoms with E-state index in [2.05, 4.69) is 13.8 Å². The van der Waals surface area contributed by atoms with Crippen LogP contribution in [0.15, 0.2) is 11.1 Å². The van der Waals surface area contributed by atoms with Gasteiger partial charge in [0.2, 0.25) is 0 Å². The predicted molar refractivity (Wildman–Crippen MR) is 87.7 cm³/mol. The normalized spacial score (nSPS) is 46.5. The Bertz CT molecular complexity index is 604. The Morgan fingerprint density at radius 3 is 2.65 bits per heavy atom. The van der Waals surface area contributed by atoms with Gasteiger partial charge in [0.05, 0.1) is 6.61 Å². The summed E-state index contributed by atoms with van der Waals surface area (Å²) < 4.78 is 0. The zero-order valence-electron chi connectivity index (χ0n) is 14.4. The van der Waals surface area contributed by atoms with E-state index in [0.29, 0.717) is 42.2 Å². The van der Waals surface area contributed by atoms with E-state index in [1.807, 2.05) is 0 Å². The highest BCUT2D eigenvalue weighted by molar-refractivity contribution is 5.87. The summed E-state index contributed by atoms with van der Waals surface area (Å²) in [6.45, 7) is 4.52. The van der Waals surface area contributed by atoms with Crippen molar-refractivity contribution in [2.45, 2.75) is 65.2 Å². The fourth-order valence-electron chi connectivity index (χ4n) is 6.76. The number of carbonyl (C=O) groups excluding carboxylic acids is 2. The van der Waals surface area contributed by atoms with Crippen LogP contribution in [0.2, 0.25) is 0 Å². The first kappa shape index (κ1) is 15.6. The SMILES string of the molecule is CC1=C2CC(=O)CC[C@]2(CO)[C@@H]2CC[C@]3(C)C(=O)CC[C@H]3[C@@H]2C1. The first-order valence-corrected chi connectivity index (χ1v) is 9.27. The summed E-state index contributed by atoms with van der Waals surface area (Å²) in [7, 11) is 0. The summed E-state index contributed by atoms with van der Waals surface area (Å²) in [5, 5.41) is 10.4. The molecule has 3 heteroatoms. The molecule has 1 N–H and O–H groups in total. The lowest BCUT2D eigenvalue weighted by Crippen LogP contribution is -2.53. The van der Waals surface area contributed by atoms with E-state index in [4.69, 9.17) is 0 Å². The molecule has 0 heterocycles. The van der Waals surface area contributed by atoms with E-state index < -0.39 is 0 Å². The van der Waals surface area contributed by atoms with Crippen LogP contribution in [0.25, 0.3) is 0 Å². The van der Waals surface area contributed by atoms with Crippen LogP contribution in [0.4, 0.5) is 0 Å². The van der Waals surface area contributed by atoms with Crippen LogP contribution in [0.1, 0.15) is 65.2 Å². The molecule has 0 aliphatic heterocycles. The van der Waals surface area contributed by atoms with Gasteiger partial charge in [-0.3, -0.25) is 9.59 Å². The van der Waals surface area contributed by atoms with Crippen molar-refractivity contribution in [1.29, 1.82) is 0 Å². The molecule has 4 aliphatic rings. The Kier molecular flexibility index (Phi) is 3.39. The van der Waals surface area contributed by atoms with Crippen LogP contribution >= 0.6 is 0 Å². The number of hydrogen-bond acceptors (Lipinski definition) is 3. The van der Waals surface area contributed by atoms with Gasteiger partial charge in [-0.15, -0.1) is 0 Å². The molecular formula is C20H28O3. The van der Waals surface area contributed by atoms with Gasteiger partial charge in [0, 0.05) is 30.1 Å². The molecule has 126 valence electrons. The second kappa shape index (κ2) is 5.02. The third kappa shape index (κ3) is 1.92. The Balaban J connectivity index is 1.78. The maximum Gasteiger partial charge on any atom is 0.139 e. The van der Waals surface area contributed by atoms with Crippen molar-refractivity contribution in [3.05, 3.63) is 11.1 Å². The highest BCUT2D eigenvalue weighted by Gasteiger charge is 2.60. The summed E-state index contributed by atoms with van der Waals surface area (Å²) in [5.41, 5.74) is 2.29. The third-order valence-corrected chi connectivity index (χ3v) is 8.02. The van der Waals surface area contributed by atoms with Crippen LogP contribution in [0.3, 0.4) is 0 Å². The number of allylic oxidation sites excluding steroid dienone is 1. The van der Waals surface area contributed by atoms with Crippen LogP contribution < -0.4 is 0 Å². The molecule has 0 aromatic rings. The number of hydrogen-bond donors (Lipinski definition) is 1. The van der Waals surface area contributed by atoms with Crippen LogP contribution in [-0.4, -0.2) is 23.3 Å². The third-order valence-electron chi connectivity index (χ3n) is 8.02. The van der Waals surface area contributed by atoms with Gasteiger partial charge in [-0.2, -0.15) is 0 Å². The molecule has 0 unspecified atom stereocenters. The Morgan fingerprint density at radius 2 is 1.91 bits per heavy atom. The Hall–Kier alpha value is -0.960. The first-order valence-electron chi connectivity index (χ1n) is 9.27. The lowest BCUT2D eigenvalue weighted by atomic mass is 9.46. The average molecular weight is 316 g/mol. The molecule has 3 nitrogen and oxygen atoms in total. The van der Waals surface area contributed by atoms with E-state index in [0.717, 1.165) is 38.5 Å². The first-order chi connectivity index (χ1) is 10.9. The number of fused-ring (bicyclic) bond motifs is 5. The number of aliphatic hydroxyl groups is 1. The van der Waals surface area contributed by atoms with Gasteiger partial charge < -0.3 is 5.11 Å². The maximum atomic E-state index is 12.5. The molecule has 4 aliphatic carbocycles. The summed E-state index contributed by atoms with van der Waals surface area (Å²) in [4.78, 5) is 24.5. The van der Waals surface area contributed by atoms with Crippen LogP contribution in [0, 0.1) is 28.6 Å². The number of Topliss-reactive ketones (excluding diaryl/α,β-unsaturated/α-hetero) is 2. The van der Waals surface area contributed by atoms with E-state index in [9.17, 15) is 14.7 Å². The molecule has 0 saturated heterocycles. The zero-order valence-corrected chi connectivity index (χ0v) is 14.4. The van der Waals surface area contributed by atoms with Gasteiger partial charge in [-0.25, -0.2) is 0 Å². The molecule has 0 aromatic heterocycles. The number of carbonyl (C=O) groups is 2. The second-order valence-corrected chi connectivity index (χ2v) is 8.79. The predicted octanol–water partition coefficient (Wildman–Crippen LogP) is 3.45. The van der Waals surface area contributed by atoms with E-state index in [-0.39, 0.29) is 17.4 Å². The highest BCUT2D eigenvalue weighted by Crippen LogP contribution is 2.64. The Morgan fingerprint density at radius 1 is 1.13 bits per heavy atom. The van der Waals surface area contributed by atoms with Gasteiger partial charge in [-0.1, -0.05) is 18.1 Å². The Labute approximate surface area is 138 Å². The van der Waals surface area contributed by atoms with Crippen molar-refractivity contribution < 1.29 is 14.7 Å². The molecular weight excluding hydrogens is 288 g/mol. The van der Waals surface area contributed by atoms with Crippen molar-refractivity contribution in [3.8, 4) is 0 Å². The molecule has 3 saturated carbocycles. The molecule has 0 aromatic carbocycles. The van der Waals surface area contributed by atoms with Gasteiger partial charge >= 0.3 is 0 Å². The monoisotopic (exact) mass is 316 g/mol. The van der Waals surface area contributed by atoms with E-state index >= 15 is 0 Å². The fourth-order valence-corrected chi connectivity index (χ4v) is 6.76. The van der Waals surface area contributed by atoms with Crippen molar-refractivity contribution in [3.63, 3.8) is 0 Å². The van der Waals surface area contributed by atoms with Crippen molar-refractivity contribution >= 4 is 11.6 Å². The van der Waals surface area contributed by atoms with Crippen LogP contribution in [0.5, 0.6) is 0 Å². The van der Waals surface area contributed by atoms with Crippen molar-refractivity contribution in [2.75, 3.05) is 6.61 Å². The van der Waals surface area contributed by atoms with Gasteiger partial charge in [0.1, 0.15) is 11.6 Å². The van der Waals surface area contributed by atoms with E-state index in [1.165, 1.54) is 11.1 Å². The number of rotatable bonds is 1. The van der Waals surface area contributed by atoms with Crippen molar-refractivity contribution in [2.24, 2.45) is 28.6 Å². The molecule has 5 atom stereocenters. The molecule has 0 bridgehead atoms. The minimum atomic E-state index is -0.173. The van der Waals surface area contributed by atoms with Gasteiger partial charge in [0.15, 0.2) is 0 Å². The molecule has 0 amide bonds. The average Bonchev–Trinajstić information content (AvgIpc) is 2.84. The highest BCUT2D eigenvalue weighted by atomic mass is 16.3. The minimum absolute atomic E-state index is 0.125. The lowest BCUT2D eigenvalue weighted by molar-refractivity contribution is -0.133. The summed E-state index contributed by atoms with van der Waals surface area (Å²) in [6.07, 6.45) is 6.78. The number of aliphatic hydroxyl groups excluding tert-OH is 1. The van der Waals surface area contributed by atoms with Gasteiger partial charge in [-0.05, 0) is 56.8 Å². The topological polar surface area (TPSA) is 54.4 Å². The molecule has 0 spiro atoms. The minimum Gasteiger partial charge on any atom is -0.395 e. The quantitative estimate of drug-likeness (QED) is 0.754. The molecule has 4 rings (SSSR count). The fraction of sp³-hybridized carbons (Fsp3) is 0.800. The number of ketones is 2. The largest absolute Gasteiger partial charge is 0.395 e. The van der Waals surface area contributed by atoms with Crippen molar-refractivity contribution in [1.82, 2.24) is 0 Å². The van der Waals surface area contributed by atoms with Crippen LogP contribution in [-0.2, 0) is 9.59 Å².